The van der Waals surface area contributed by atoms with Crippen LogP contribution in [0.4, 0.5) is 9.18 Å². The summed E-state index contributed by atoms with van der Waals surface area (Å²) < 4.78 is 30.8. The van der Waals surface area contributed by atoms with E-state index in [1.807, 2.05) is 20.8 Å². The second-order valence-electron chi connectivity index (χ2n) is 10.5. The summed E-state index contributed by atoms with van der Waals surface area (Å²) in [5, 5.41) is 11.2. The molecular formula is C23H36ClFN2O5. The Balaban J connectivity index is 2.15. The summed E-state index contributed by atoms with van der Waals surface area (Å²) in [4.78, 5) is 14.3. The molecule has 1 aromatic carbocycles. The number of aliphatic hydroxyl groups is 1. The molecule has 1 heterocycles. The maximum atomic E-state index is 13.7. The van der Waals surface area contributed by atoms with Crippen LogP contribution in [0.1, 0.15) is 47.1 Å². The molecule has 1 aliphatic rings. The van der Waals surface area contributed by atoms with E-state index in [-0.39, 0.29) is 30.0 Å². The van der Waals surface area contributed by atoms with Crippen molar-refractivity contribution in [3.63, 3.8) is 0 Å². The fourth-order valence-electron chi connectivity index (χ4n) is 3.31. The molecule has 4 unspecified atom stereocenters. The quantitative estimate of drug-likeness (QED) is 0.652. The zero-order chi connectivity index (χ0) is 24.3. The number of hydrogen-bond donors (Lipinski definition) is 2. The van der Waals surface area contributed by atoms with Gasteiger partial charge in [-0.25, -0.2) is 9.18 Å². The van der Waals surface area contributed by atoms with Crippen molar-refractivity contribution in [2.24, 2.45) is 11.1 Å². The van der Waals surface area contributed by atoms with Gasteiger partial charge in [-0.2, -0.15) is 0 Å². The van der Waals surface area contributed by atoms with Crippen molar-refractivity contribution in [3.05, 3.63) is 34.6 Å². The highest BCUT2D eigenvalue weighted by atomic mass is 35.5. The summed E-state index contributed by atoms with van der Waals surface area (Å²) in [6.07, 6.45) is -2.21. The highest BCUT2D eigenvalue weighted by molar-refractivity contribution is 6.30. The third-order valence-corrected chi connectivity index (χ3v) is 4.97. The first-order valence-corrected chi connectivity index (χ1v) is 11.1. The number of benzene rings is 1. The van der Waals surface area contributed by atoms with Gasteiger partial charge in [-0.3, -0.25) is 4.90 Å². The van der Waals surface area contributed by atoms with Crippen molar-refractivity contribution in [2.75, 3.05) is 19.8 Å². The molecule has 1 fully saturated rings. The van der Waals surface area contributed by atoms with E-state index in [0.717, 1.165) is 0 Å². The zero-order valence-electron chi connectivity index (χ0n) is 19.7. The first-order valence-electron chi connectivity index (χ1n) is 10.8. The van der Waals surface area contributed by atoms with Crippen LogP contribution in [0.2, 0.25) is 5.02 Å². The van der Waals surface area contributed by atoms with Crippen LogP contribution in [0.15, 0.2) is 18.2 Å². The third kappa shape index (κ3) is 8.48. The zero-order valence-corrected chi connectivity index (χ0v) is 20.5. The van der Waals surface area contributed by atoms with Gasteiger partial charge in [-0.1, -0.05) is 32.4 Å². The van der Waals surface area contributed by atoms with Crippen LogP contribution in [-0.4, -0.2) is 65.9 Å². The lowest BCUT2D eigenvalue weighted by atomic mass is 9.96. The van der Waals surface area contributed by atoms with Crippen molar-refractivity contribution >= 4 is 17.7 Å². The third-order valence-electron chi connectivity index (χ3n) is 4.76. The molecule has 0 aromatic heterocycles. The van der Waals surface area contributed by atoms with E-state index in [1.165, 1.54) is 17.0 Å². The molecule has 1 saturated heterocycles. The molecule has 0 spiro atoms. The molecule has 4 atom stereocenters. The fourth-order valence-corrected chi connectivity index (χ4v) is 3.55. The number of rotatable bonds is 6. The van der Waals surface area contributed by atoms with E-state index < -0.39 is 42.0 Å². The first kappa shape index (κ1) is 26.8. The lowest BCUT2D eigenvalue weighted by molar-refractivity contribution is -0.210. The first-order chi connectivity index (χ1) is 14.6. The van der Waals surface area contributed by atoms with E-state index in [0.29, 0.717) is 12.2 Å². The topological polar surface area (TPSA) is 94.2 Å². The van der Waals surface area contributed by atoms with Crippen molar-refractivity contribution in [2.45, 2.75) is 78.0 Å². The predicted octanol–water partition coefficient (Wildman–Crippen LogP) is 3.73. The maximum Gasteiger partial charge on any atom is 0.410 e. The van der Waals surface area contributed by atoms with E-state index in [9.17, 15) is 14.3 Å². The monoisotopic (exact) mass is 474 g/mol. The molecule has 3 N–H and O–H groups in total. The minimum absolute atomic E-state index is 0.0207. The van der Waals surface area contributed by atoms with E-state index in [1.54, 1.807) is 26.8 Å². The normalized spacial score (nSPS) is 21.9. The second kappa shape index (κ2) is 10.7. The molecule has 1 aliphatic heterocycles. The minimum Gasteiger partial charge on any atom is -0.444 e. The maximum absolute atomic E-state index is 13.7. The van der Waals surface area contributed by atoms with Gasteiger partial charge < -0.3 is 25.1 Å². The smallest absolute Gasteiger partial charge is 0.410 e. The molecule has 0 radical (unpaired) electrons. The van der Waals surface area contributed by atoms with Gasteiger partial charge in [0.05, 0.1) is 31.9 Å². The van der Waals surface area contributed by atoms with E-state index >= 15 is 0 Å². The molecular weight excluding hydrogens is 439 g/mol. The average molecular weight is 475 g/mol. The van der Waals surface area contributed by atoms with Gasteiger partial charge in [-0.15, -0.1) is 0 Å². The summed E-state index contributed by atoms with van der Waals surface area (Å²) in [7, 11) is 0. The predicted molar refractivity (Wildman–Crippen MR) is 121 cm³/mol. The van der Waals surface area contributed by atoms with Crippen LogP contribution in [0, 0.1) is 11.2 Å². The van der Waals surface area contributed by atoms with E-state index in [2.05, 4.69) is 0 Å². The summed E-state index contributed by atoms with van der Waals surface area (Å²) >= 11 is 5.92. The van der Waals surface area contributed by atoms with Crippen molar-refractivity contribution < 1.29 is 28.5 Å². The highest BCUT2D eigenvalue weighted by Crippen LogP contribution is 2.24. The fraction of sp³-hybridized carbons (Fsp3) is 0.696. The van der Waals surface area contributed by atoms with Gasteiger partial charge in [0, 0.05) is 11.1 Å². The second-order valence-corrected chi connectivity index (χ2v) is 10.9. The molecule has 182 valence electrons. The van der Waals surface area contributed by atoms with Crippen LogP contribution in [0.25, 0.3) is 0 Å². The Kier molecular flexibility index (Phi) is 8.92. The van der Waals surface area contributed by atoms with Gasteiger partial charge in [-0.05, 0) is 56.4 Å². The summed E-state index contributed by atoms with van der Waals surface area (Å²) in [5.74, 6) is -0.482. The van der Waals surface area contributed by atoms with Crippen molar-refractivity contribution in [1.82, 2.24) is 4.90 Å². The number of morpholine rings is 1. The van der Waals surface area contributed by atoms with Crippen LogP contribution in [0.5, 0.6) is 0 Å². The minimum atomic E-state index is -1.15. The number of halogens is 2. The standard InChI is InChI=1S/C23H36ClFN2O5/c1-22(2,3)13-31-19-11-27(21(29)32-23(4,5)6)18(12-30-19)20(28)17(26)9-14-7-15(24)10-16(25)8-14/h7-8,10,17-20,28H,9,11-13,26H2,1-6H3. The van der Waals surface area contributed by atoms with Gasteiger partial charge in [0.25, 0.3) is 0 Å². The number of hydrogen-bond acceptors (Lipinski definition) is 6. The number of aliphatic hydroxyl groups excluding tert-OH is 1. The van der Waals surface area contributed by atoms with Crippen LogP contribution in [0.3, 0.4) is 0 Å². The number of carbonyl (C=O) groups excluding carboxylic acids is 1. The molecule has 1 amide bonds. The molecule has 0 aliphatic carbocycles. The van der Waals surface area contributed by atoms with Crippen molar-refractivity contribution in [3.8, 4) is 0 Å². The Hall–Kier alpha value is -1.45. The number of ether oxygens (including phenoxy) is 3. The lowest BCUT2D eigenvalue weighted by Gasteiger charge is -2.43. The summed E-state index contributed by atoms with van der Waals surface area (Å²) in [6.45, 7) is 11.9. The van der Waals surface area contributed by atoms with Gasteiger partial charge in [0.1, 0.15) is 11.4 Å². The van der Waals surface area contributed by atoms with Gasteiger partial charge >= 0.3 is 6.09 Å². The van der Waals surface area contributed by atoms with Crippen molar-refractivity contribution in [1.29, 1.82) is 0 Å². The van der Waals surface area contributed by atoms with E-state index in [4.69, 9.17) is 31.5 Å². The Bertz CT molecular complexity index is 760. The van der Waals surface area contributed by atoms with Crippen LogP contribution < -0.4 is 5.73 Å². The summed E-state index contributed by atoms with van der Waals surface area (Å²) in [5.41, 5.74) is 6.00. The molecule has 2 rings (SSSR count). The average Bonchev–Trinajstić information content (AvgIpc) is 2.62. The Morgan fingerprint density at radius 1 is 1.31 bits per heavy atom. The Labute approximate surface area is 194 Å². The number of nitrogens with two attached hydrogens (primary N) is 1. The van der Waals surface area contributed by atoms with Crippen LogP contribution in [-0.2, 0) is 20.6 Å². The van der Waals surface area contributed by atoms with Crippen LogP contribution >= 0.6 is 11.6 Å². The largest absolute Gasteiger partial charge is 0.444 e. The van der Waals surface area contributed by atoms with Gasteiger partial charge in [0.15, 0.2) is 6.29 Å². The molecule has 9 heteroatoms. The van der Waals surface area contributed by atoms with Gasteiger partial charge in [0.2, 0.25) is 0 Å². The highest BCUT2D eigenvalue weighted by Gasteiger charge is 2.41. The number of nitrogens with zero attached hydrogens (tertiary/aromatic N) is 1. The molecule has 0 bridgehead atoms. The summed E-state index contributed by atoms with van der Waals surface area (Å²) in [6, 6.07) is 2.56. The molecule has 32 heavy (non-hydrogen) atoms. The molecule has 7 nitrogen and oxygen atoms in total. The SMILES string of the molecule is CC(C)(C)COC1CN(C(=O)OC(C)(C)C)C(C(O)C(N)Cc2cc(F)cc(Cl)c2)CO1. The lowest BCUT2D eigenvalue weighted by Crippen LogP contribution is -2.62. The number of amides is 1. The Morgan fingerprint density at radius 2 is 1.97 bits per heavy atom. The number of carbonyl (C=O) groups is 1. The molecule has 0 saturated carbocycles. The molecule has 1 aromatic rings. The Morgan fingerprint density at radius 3 is 2.53 bits per heavy atom.